The Morgan fingerprint density at radius 3 is 2.73 bits per heavy atom. The Morgan fingerprint density at radius 1 is 1.14 bits per heavy atom. The molecule has 2 aromatic carbocycles. The third kappa shape index (κ3) is 3.37. The van der Waals surface area contributed by atoms with Gasteiger partial charge in [-0.3, -0.25) is 5.43 Å². The molecule has 0 amide bonds. The first-order chi connectivity index (χ1) is 10.7. The molecule has 0 radical (unpaired) electrons. The predicted octanol–water partition coefficient (Wildman–Crippen LogP) is 4.34. The molecule has 0 aliphatic carbocycles. The number of nitrogens with zero attached hydrogens (tertiary/aromatic N) is 2. The number of rotatable bonds is 5. The molecule has 0 aliphatic heterocycles. The zero-order chi connectivity index (χ0) is 15.4. The number of hydrazone groups is 1. The van der Waals surface area contributed by atoms with E-state index < -0.39 is 6.61 Å². The summed E-state index contributed by atoms with van der Waals surface area (Å²) in [4.78, 5) is 4.36. The fourth-order valence-corrected chi connectivity index (χ4v) is 2.68. The molecular formula is C15H11F2N3OS. The second kappa shape index (κ2) is 6.48. The van der Waals surface area contributed by atoms with Crippen molar-refractivity contribution in [2.75, 3.05) is 5.43 Å². The van der Waals surface area contributed by atoms with Gasteiger partial charge in [-0.25, -0.2) is 4.98 Å². The molecule has 0 atom stereocenters. The van der Waals surface area contributed by atoms with Crippen LogP contribution in [0.1, 0.15) is 5.56 Å². The molecular weight excluding hydrogens is 308 g/mol. The number of hydrogen-bond donors (Lipinski definition) is 1. The molecule has 3 rings (SSSR count). The van der Waals surface area contributed by atoms with Gasteiger partial charge in [-0.1, -0.05) is 35.6 Å². The molecule has 1 N–H and O–H groups in total. The van der Waals surface area contributed by atoms with Crippen molar-refractivity contribution in [2.24, 2.45) is 5.10 Å². The lowest BCUT2D eigenvalue weighted by Crippen LogP contribution is -2.04. The van der Waals surface area contributed by atoms with Gasteiger partial charge in [0, 0.05) is 5.56 Å². The van der Waals surface area contributed by atoms with E-state index in [0.717, 1.165) is 10.2 Å². The van der Waals surface area contributed by atoms with E-state index >= 15 is 0 Å². The highest BCUT2D eigenvalue weighted by molar-refractivity contribution is 7.22. The summed E-state index contributed by atoms with van der Waals surface area (Å²) in [6.45, 7) is -2.87. The van der Waals surface area contributed by atoms with Crippen molar-refractivity contribution in [1.29, 1.82) is 0 Å². The van der Waals surface area contributed by atoms with Crippen LogP contribution in [-0.2, 0) is 0 Å². The van der Waals surface area contributed by atoms with Crippen LogP contribution in [0, 0.1) is 0 Å². The van der Waals surface area contributed by atoms with Gasteiger partial charge in [-0.15, -0.1) is 0 Å². The van der Waals surface area contributed by atoms with Crippen LogP contribution < -0.4 is 10.2 Å². The summed E-state index contributed by atoms with van der Waals surface area (Å²) in [5.41, 5.74) is 4.13. The van der Waals surface area contributed by atoms with E-state index in [2.05, 4.69) is 20.2 Å². The number of nitrogens with one attached hydrogen (secondary N) is 1. The van der Waals surface area contributed by atoms with Crippen molar-refractivity contribution in [3.05, 3.63) is 54.1 Å². The number of hydrogen-bond acceptors (Lipinski definition) is 5. The maximum absolute atomic E-state index is 12.3. The summed E-state index contributed by atoms with van der Waals surface area (Å²) in [5, 5.41) is 4.65. The average molecular weight is 319 g/mol. The van der Waals surface area contributed by atoms with E-state index in [1.165, 1.54) is 23.6 Å². The number of benzene rings is 2. The van der Waals surface area contributed by atoms with E-state index in [1.54, 1.807) is 18.2 Å². The first-order valence-electron chi connectivity index (χ1n) is 6.41. The average Bonchev–Trinajstić information content (AvgIpc) is 2.91. The van der Waals surface area contributed by atoms with E-state index in [9.17, 15) is 8.78 Å². The van der Waals surface area contributed by atoms with E-state index in [4.69, 9.17) is 0 Å². The summed E-state index contributed by atoms with van der Waals surface area (Å²) in [7, 11) is 0. The summed E-state index contributed by atoms with van der Waals surface area (Å²) >= 11 is 1.46. The highest BCUT2D eigenvalue weighted by Crippen LogP contribution is 2.25. The number of para-hydroxylation sites is 2. The van der Waals surface area contributed by atoms with Gasteiger partial charge in [0.2, 0.25) is 5.13 Å². The highest BCUT2D eigenvalue weighted by Gasteiger charge is 2.07. The minimum absolute atomic E-state index is 0.0762. The van der Waals surface area contributed by atoms with Crippen LogP contribution in [0.5, 0.6) is 5.75 Å². The van der Waals surface area contributed by atoms with Crippen LogP contribution in [0.2, 0.25) is 0 Å². The number of anilines is 1. The Labute approximate surface area is 129 Å². The Bertz CT molecular complexity index is 771. The van der Waals surface area contributed by atoms with Crippen molar-refractivity contribution in [1.82, 2.24) is 4.98 Å². The quantitative estimate of drug-likeness (QED) is 0.562. The standard InChI is InChI=1S/C15H11F2N3OS/c16-14(17)21-12-7-3-1-5-10(12)9-18-20-15-19-11-6-2-4-8-13(11)22-15/h1-9,14H,(H,19,20). The molecule has 0 saturated carbocycles. The SMILES string of the molecule is FC(F)Oc1ccccc1C=NNc1nc2ccccc2s1. The third-order valence-corrected chi connectivity index (χ3v) is 3.73. The van der Waals surface area contributed by atoms with Crippen LogP contribution >= 0.6 is 11.3 Å². The zero-order valence-electron chi connectivity index (χ0n) is 11.2. The van der Waals surface area contributed by atoms with E-state index in [1.807, 2.05) is 24.3 Å². The normalized spacial score (nSPS) is 11.4. The number of ether oxygens (including phenoxy) is 1. The summed E-state index contributed by atoms with van der Waals surface area (Å²) in [5.74, 6) is 0.0762. The second-order valence-electron chi connectivity index (χ2n) is 4.27. The Hall–Kier alpha value is -2.54. The number of halogens is 2. The van der Waals surface area contributed by atoms with Gasteiger partial charge >= 0.3 is 6.61 Å². The van der Waals surface area contributed by atoms with E-state index in [0.29, 0.717) is 10.7 Å². The second-order valence-corrected chi connectivity index (χ2v) is 5.30. The lowest BCUT2D eigenvalue weighted by atomic mass is 10.2. The van der Waals surface area contributed by atoms with Gasteiger partial charge in [-0.2, -0.15) is 13.9 Å². The molecule has 1 aromatic heterocycles. The number of fused-ring (bicyclic) bond motifs is 1. The molecule has 4 nitrogen and oxygen atoms in total. The van der Waals surface area contributed by atoms with Crippen LogP contribution in [-0.4, -0.2) is 17.8 Å². The van der Waals surface area contributed by atoms with Crippen molar-refractivity contribution in [3.63, 3.8) is 0 Å². The van der Waals surface area contributed by atoms with Gasteiger partial charge in [0.15, 0.2) is 0 Å². The van der Waals surface area contributed by atoms with Gasteiger partial charge in [0.05, 0.1) is 16.4 Å². The summed E-state index contributed by atoms with van der Waals surface area (Å²) in [6, 6.07) is 14.2. The van der Waals surface area contributed by atoms with Crippen LogP contribution in [0.3, 0.4) is 0 Å². The Morgan fingerprint density at radius 2 is 1.91 bits per heavy atom. The van der Waals surface area contributed by atoms with Gasteiger partial charge in [0.25, 0.3) is 0 Å². The van der Waals surface area contributed by atoms with Gasteiger partial charge in [0.1, 0.15) is 5.75 Å². The fraction of sp³-hybridized carbons (Fsp3) is 0.0667. The molecule has 0 aliphatic rings. The zero-order valence-corrected chi connectivity index (χ0v) is 12.1. The highest BCUT2D eigenvalue weighted by atomic mass is 32.1. The molecule has 0 fully saturated rings. The van der Waals surface area contributed by atoms with Crippen LogP contribution in [0.4, 0.5) is 13.9 Å². The lowest BCUT2D eigenvalue weighted by Gasteiger charge is -2.06. The van der Waals surface area contributed by atoms with Gasteiger partial charge < -0.3 is 4.74 Å². The van der Waals surface area contributed by atoms with Crippen molar-refractivity contribution < 1.29 is 13.5 Å². The molecule has 112 valence electrons. The molecule has 1 heterocycles. The first kappa shape index (κ1) is 14.4. The van der Waals surface area contributed by atoms with Crippen LogP contribution in [0.25, 0.3) is 10.2 Å². The number of alkyl halides is 2. The summed E-state index contributed by atoms with van der Waals surface area (Å²) < 4.78 is 30.1. The Kier molecular flexibility index (Phi) is 4.24. The predicted molar refractivity (Wildman–Crippen MR) is 83.9 cm³/mol. The molecule has 0 bridgehead atoms. The molecule has 0 saturated heterocycles. The largest absolute Gasteiger partial charge is 0.434 e. The third-order valence-electron chi connectivity index (χ3n) is 2.79. The monoisotopic (exact) mass is 319 g/mol. The minimum atomic E-state index is -2.87. The molecule has 7 heteroatoms. The molecule has 3 aromatic rings. The van der Waals surface area contributed by atoms with Crippen molar-refractivity contribution in [2.45, 2.75) is 6.61 Å². The smallest absolute Gasteiger partial charge is 0.387 e. The van der Waals surface area contributed by atoms with Crippen molar-refractivity contribution in [3.8, 4) is 5.75 Å². The Balaban J connectivity index is 1.74. The van der Waals surface area contributed by atoms with Crippen LogP contribution in [0.15, 0.2) is 53.6 Å². The maximum atomic E-state index is 12.3. The maximum Gasteiger partial charge on any atom is 0.387 e. The van der Waals surface area contributed by atoms with Crippen molar-refractivity contribution >= 4 is 32.9 Å². The molecule has 22 heavy (non-hydrogen) atoms. The molecule has 0 unspecified atom stereocenters. The number of aromatic nitrogens is 1. The molecule has 0 spiro atoms. The fourth-order valence-electron chi connectivity index (χ4n) is 1.87. The summed E-state index contributed by atoms with van der Waals surface area (Å²) in [6.07, 6.45) is 1.42. The number of thiazole rings is 1. The van der Waals surface area contributed by atoms with E-state index in [-0.39, 0.29) is 5.75 Å². The lowest BCUT2D eigenvalue weighted by molar-refractivity contribution is -0.0499. The van der Waals surface area contributed by atoms with Gasteiger partial charge in [-0.05, 0) is 24.3 Å². The topological polar surface area (TPSA) is 46.5 Å². The first-order valence-corrected chi connectivity index (χ1v) is 7.22. The minimum Gasteiger partial charge on any atom is -0.434 e.